The molecule has 0 saturated heterocycles. The molecule has 0 fully saturated rings. The lowest BCUT2D eigenvalue weighted by Gasteiger charge is -2.37. The number of fused-ring (bicyclic) bond motifs is 16. The Morgan fingerprint density at radius 1 is 0.277 bits per heavy atom. The summed E-state index contributed by atoms with van der Waals surface area (Å²) in [5.41, 5.74) is 21.1. The molecule has 0 bridgehead atoms. The van der Waals surface area contributed by atoms with E-state index < -0.39 is 0 Å². The van der Waals surface area contributed by atoms with E-state index in [1.807, 2.05) is 84.9 Å². The summed E-state index contributed by atoms with van der Waals surface area (Å²) in [5.74, 6) is 8.32. The molecule has 0 N–H and O–H groups in total. The third-order valence-corrected chi connectivity index (χ3v) is 20.1. The summed E-state index contributed by atoms with van der Waals surface area (Å²) >= 11 is 0. The number of hydrogen-bond acceptors (Lipinski definition) is 8. The minimum atomic E-state index is -0.387. The van der Waals surface area contributed by atoms with Crippen LogP contribution >= 0.6 is 0 Å². The number of nitrogens with zero attached hydrogens (tertiary/aromatic N) is 2. The van der Waals surface area contributed by atoms with Gasteiger partial charge in [-0.2, -0.15) is 0 Å². The van der Waals surface area contributed by atoms with Gasteiger partial charge in [0, 0.05) is 97.3 Å². The van der Waals surface area contributed by atoms with E-state index in [0.717, 1.165) is 101 Å². The number of para-hydroxylation sites is 6. The molecule has 0 radical (unpaired) electrons. The lowest BCUT2D eigenvalue weighted by atomic mass is 9.31. The van der Waals surface area contributed by atoms with Crippen LogP contribution in [0.3, 0.4) is 0 Å². The summed E-state index contributed by atoms with van der Waals surface area (Å²) in [6.45, 7) is 8.73. The zero-order chi connectivity index (χ0) is 62.6. The number of hydrogen-bond donors (Lipinski definition) is 0. The predicted octanol–water partition coefficient (Wildman–Crippen LogP) is 18.3. The molecule has 13 aromatic rings. The molecule has 0 unspecified atom stereocenters. The Labute approximate surface area is 546 Å². The SMILES string of the molecule is CC1(C)c2cc(N(c3ccccc3)c3ccccc3)ccc2-c2c1ccc1c2Oc2cc(Oc3ccccc3)cc3c2B1c1cc2c(cc1O3)Oc1cc(Oc3ccccc3)cc3c1B2c1ccc2c(c1O3)-c1ccc(N(c3ccccc3)c3ccccc3)cc1C2(C)C. The van der Waals surface area contributed by atoms with Crippen LogP contribution in [0.5, 0.6) is 69.0 Å². The molecule has 94 heavy (non-hydrogen) atoms. The van der Waals surface area contributed by atoms with E-state index in [2.05, 4.69) is 232 Å². The quantitative estimate of drug-likeness (QED) is 0.126. The highest BCUT2D eigenvalue weighted by Gasteiger charge is 2.50. The van der Waals surface area contributed by atoms with Gasteiger partial charge in [-0.1, -0.05) is 179 Å². The first-order valence-corrected chi connectivity index (χ1v) is 32.2. The highest BCUT2D eigenvalue weighted by molar-refractivity contribution is 7.01. The number of ether oxygens (including phenoxy) is 6. The maximum Gasteiger partial charge on any atom is 0.260 e. The second-order valence-electron chi connectivity index (χ2n) is 26.2. The van der Waals surface area contributed by atoms with Crippen LogP contribution in [0.1, 0.15) is 49.9 Å². The maximum absolute atomic E-state index is 7.48. The predicted molar refractivity (Wildman–Crippen MR) is 379 cm³/mol. The molecule has 8 nitrogen and oxygen atoms in total. The van der Waals surface area contributed by atoms with E-state index in [4.69, 9.17) is 28.4 Å². The van der Waals surface area contributed by atoms with Gasteiger partial charge < -0.3 is 38.2 Å². The van der Waals surface area contributed by atoms with E-state index >= 15 is 0 Å². The van der Waals surface area contributed by atoms with Crippen molar-refractivity contribution < 1.29 is 28.4 Å². The summed E-state index contributed by atoms with van der Waals surface area (Å²) < 4.78 is 42.8. The zero-order valence-corrected chi connectivity index (χ0v) is 52.1. The highest BCUT2D eigenvalue weighted by Crippen LogP contribution is 2.58. The molecule has 10 heteroatoms. The summed E-state index contributed by atoms with van der Waals surface area (Å²) in [4.78, 5) is 4.68. The Balaban J connectivity index is 0.792. The van der Waals surface area contributed by atoms with Crippen molar-refractivity contribution in [3.05, 3.63) is 301 Å². The van der Waals surface area contributed by atoms with E-state index in [9.17, 15) is 0 Å². The normalized spacial score (nSPS) is 14.2. The third kappa shape index (κ3) is 8.21. The molecule has 2 aliphatic carbocycles. The summed E-state index contributed by atoms with van der Waals surface area (Å²) in [5, 5.41) is 0. The van der Waals surface area contributed by atoms with E-state index in [1.54, 1.807) is 0 Å². The fourth-order valence-electron chi connectivity index (χ4n) is 15.8. The fraction of sp³-hybridized carbons (Fsp3) is 0.0714. The second-order valence-corrected chi connectivity index (χ2v) is 26.2. The van der Waals surface area contributed by atoms with Crippen LogP contribution in [-0.4, -0.2) is 13.4 Å². The Kier molecular flexibility index (Phi) is 11.8. The molecule has 4 aliphatic heterocycles. The average Bonchev–Trinajstić information content (AvgIpc) is 1.32. The van der Waals surface area contributed by atoms with Gasteiger partial charge >= 0.3 is 0 Å². The minimum absolute atomic E-state index is 0.313. The first-order valence-electron chi connectivity index (χ1n) is 32.2. The molecule has 6 aliphatic rings. The molecule has 0 amide bonds. The van der Waals surface area contributed by atoms with Crippen molar-refractivity contribution in [1.82, 2.24) is 0 Å². The van der Waals surface area contributed by atoms with Crippen LogP contribution in [0, 0.1) is 0 Å². The molecule has 13 aromatic carbocycles. The van der Waals surface area contributed by atoms with Gasteiger partial charge in [0.2, 0.25) is 0 Å². The summed E-state index contributed by atoms with van der Waals surface area (Å²) in [6, 6.07) is 97.9. The fourth-order valence-corrected chi connectivity index (χ4v) is 15.8. The molecule has 19 rings (SSSR count). The van der Waals surface area contributed by atoms with E-state index in [-0.39, 0.29) is 24.3 Å². The van der Waals surface area contributed by atoms with Crippen molar-refractivity contribution in [3.63, 3.8) is 0 Å². The van der Waals surface area contributed by atoms with Crippen LogP contribution in [0.2, 0.25) is 0 Å². The molecular weight excluding hydrogens is 1150 g/mol. The zero-order valence-electron chi connectivity index (χ0n) is 52.1. The Morgan fingerprint density at radius 3 is 0.979 bits per heavy atom. The lowest BCUT2D eigenvalue weighted by molar-refractivity contribution is 0.435. The van der Waals surface area contributed by atoms with Gasteiger partial charge in [-0.05, 0) is 152 Å². The Hall–Kier alpha value is -11.6. The van der Waals surface area contributed by atoms with Gasteiger partial charge in [0.05, 0.1) is 0 Å². The largest absolute Gasteiger partial charge is 0.458 e. The molecule has 0 saturated carbocycles. The van der Waals surface area contributed by atoms with Crippen molar-refractivity contribution in [2.45, 2.75) is 38.5 Å². The molecular formula is C84H58B2N2O6. The van der Waals surface area contributed by atoms with Crippen molar-refractivity contribution in [2.75, 3.05) is 9.80 Å². The van der Waals surface area contributed by atoms with Crippen molar-refractivity contribution in [3.8, 4) is 91.2 Å². The van der Waals surface area contributed by atoms with E-state index in [1.165, 1.54) is 22.3 Å². The van der Waals surface area contributed by atoms with Gasteiger partial charge in [-0.3, -0.25) is 0 Å². The molecule has 0 spiro atoms. The van der Waals surface area contributed by atoms with Crippen LogP contribution in [0.25, 0.3) is 22.3 Å². The van der Waals surface area contributed by atoms with Crippen LogP contribution in [0.4, 0.5) is 34.1 Å². The lowest BCUT2D eigenvalue weighted by Crippen LogP contribution is -2.61. The molecule has 4 heterocycles. The molecule has 0 aromatic heterocycles. The molecule has 0 atom stereocenters. The summed E-state index contributed by atoms with van der Waals surface area (Å²) in [6.07, 6.45) is 0. The van der Waals surface area contributed by atoms with Gasteiger partial charge in [0.1, 0.15) is 69.0 Å². The minimum Gasteiger partial charge on any atom is -0.458 e. The average molecular weight is 1210 g/mol. The Morgan fingerprint density at radius 2 is 0.617 bits per heavy atom. The van der Waals surface area contributed by atoms with Crippen molar-refractivity contribution >= 4 is 80.3 Å². The monoisotopic (exact) mass is 1210 g/mol. The van der Waals surface area contributed by atoms with Gasteiger partial charge in [0.15, 0.2) is 0 Å². The number of benzene rings is 13. The van der Waals surface area contributed by atoms with Crippen LogP contribution < -0.4 is 71.0 Å². The first-order chi connectivity index (χ1) is 46.1. The van der Waals surface area contributed by atoms with E-state index in [0.29, 0.717) is 57.5 Å². The highest BCUT2D eigenvalue weighted by atomic mass is 16.5. The van der Waals surface area contributed by atoms with Crippen LogP contribution in [-0.2, 0) is 10.8 Å². The number of anilines is 6. The third-order valence-electron chi connectivity index (χ3n) is 20.1. The van der Waals surface area contributed by atoms with Crippen molar-refractivity contribution in [1.29, 1.82) is 0 Å². The van der Waals surface area contributed by atoms with Crippen LogP contribution in [0.15, 0.2) is 279 Å². The van der Waals surface area contributed by atoms with Gasteiger partial charge in [0.25, 0.3) is 13.4 Å². The topological polar surface area (TPSA) is 61.9 Å². The Bertz CT molecular complexity index is 4880. The number of rotatable bonds is 10. The molecule has 446 valence electrons. The van der Waals surface area contributed by atoms with Crippen molar-refractivity contribution in [2.24, 2.45) is 0 Å². The standard InChI is InChI=1S/C84H58B2N2O6/c1-83(2)63-39-41-67-81(77(63)61-37-35-55(43-65(61)83)87(51-23-11-5-12-24-51)52-25-13-6-14-26-52)93-75-47-59(89-57-31-19-9-20-32-57)45-73-79(75)85(67)69-49-70-72(50-71(69)91-73)92-74-46-60(90-58-33-21-10-22-34-58)48-76-80(74)86(70)68-42-40-64-78(82(68)94-76)62-38-36-56(44-66(62)84(64,3)4)88(53-27-15-7-16-28-53)54-29-17-8-18-30-54/h5-50H,1-4H3. The second kappa shape index (κ2) is 20.4. The maximum atomic E-state index is 7.48. The smallest absolute Gasteiger partial charge is 0.260 e. The first kappa shape index (κ1) is 54.2. The van der Waals surface area contributed by atoms with Gasteiger partial charge in [-0.15, -0.1) is 0 Å². The summed E-state index contributed by atoms with van der Waals surface area (Å²) in [7, 11) is 0. The van der Waals surface area contributed by atoms with Gasteiger partial charge in [-0.25, -0.2) is 0 Å².